The molecule has 0 bridgehead atoms. The summed E-state index contributed by atoms with van der Waals surface area (Å²) in [5.41, 5.74) is -0.192. The summed E-state index contributed by atoms with van der Waals surface area (Å²) in [5.74, 6) is -0.287. The van der Waals surface area contributed by atoms with E-state index in [1.807, 2.05) is 13.8 Å². The number of esters is 1. The number of hydrogen-bond donors (Lipinski definition) is 0. The number of nitrogens with zero attached hydrogens (tertiary/aromatic N) is 1. The Bertz CT molecular complexity index is 182. The van der Waals surface area contributed by atoms with Crippen LogP contribution in [0.3, 0.4) is 0 Å². The average Bonchev–Trinajstić information content (AvgIpc) is 2.11. The molecule has 84 valence electrons. The van der Waals surface area contributed by atoms with Crippen LogP contribution < -0.4 is 51.4 Å². The van der Waals surface area contributed by atoms with Gasteiger partial charge in [0, 0.05) is 12.3 Å². The van der Waals surface area contributed by atoms with Crippen LogP contribution in [0.2, 0.25) is 0 Å². The van der Waals surface area contributed by atoms with Gasteiger partial charge in [-0.15, -0.1) is 0 Å². The van der Waals surface area contributed by atoms with Crippen molar-refractivity contribution in [1.29, 1.82) is 0 Å². The molecule has 0 amide bonds. The maximum atomic E-state index is 11.0. The minimum Gasteiger partial charge on any atom is -0.785 e. The Labute approximate surface area is 135 Å². The van der Waals surface area contributed by atoms with Crippen LogP contribution in [-0.4, -0.2) is 31.2 Å². The van der Waals surface area contributed by atoms with E-state index in [0.29, 0.717) is 13.2 Å². The predicted octanol–water partition coefficient (Wildman–Crippen LogP) is -1.21. The molecule has 0 radical (unpaired) electrons. The summed E-state index contributed by atoms with van der Waals surface area (Å²) >= 11 is 0. The van der Waals surface area contributed by atoms with Gasteiger partial charge in [-0.3, -0.25) is 4.79 Å². The minimum atomic E-state index is -0.287. The van der Waals surface area contributed by atoms with E-state index in [9.17, 15) is 10.0 Å². The van der Waals surface area contributed by atoms with Gasteiger partial charge < -0.3 is 15.0 Å². The van der Waals surface area contributed by atoms with Gasteiger partial charge in [-0.05, 0) is 26.4 Å². The van der Waals surface area contributed by atoms with Crippen molar-refractivity contribution in [3.63, 3.8) is 0 Å². The summed E-state index contributed by atoms with van der Waals surface area (Å²) in [7, 11) is 1.49. The van der Waals surface area contributed by atoms with Gasteiger partial charge in [-0.25, -0.2) is 0 Å². The molecule has 15 heavy (non-hydrogen) atoms. The molecule has 0 saturated carbocycles. The molecule has 0 aromatic rings. The second-order valence-corrected chi connectivity index (χ2v) is 3.77. The normalized spacial score (nSPS) is 11.1. The zero-order valence-electron chi connectivity index (χ0n) is 10.5. The van der Waals surface area contributed by atoms with E-state index in [0.717, 1.165) is 17.9 Å². The van der Waals surface area contributed by atoms with Crippen molar-refractivity contribution in [1.82, 2.24) is 5.06 Å². The van der Waals surface area contributed by atoms with E-state index in [-0.39, 0.29) is 62.8 Å². The van der Waals surface area contributed by atoms with Crippen molar-refractivity contribution in [2.24, 2.45) is 5.41 Å². The van der Waals surface area contributed by atoms with Crippen LogP contribution in [0, 0.1) is 10.6 Å². The van der Waals surface area contributed by atoms with Gasteiger partial charge in [0.05, 0.1) is 6.61 Å². The average molecular weight is 241 g/mol. The zero-order chi connectivity index (χ0) is 11.2. The van der Waals surface area contributed by atoms with E-state index in [1.54, 1.807) is 0 Å². The van der Waals surface area contributed by atoms with Crippen molar-refractivity contribution in [2.75, 3.05) is 20.2 Å². The number of rotatable bonds is 6. The SMILES string of the molecule is CCC(CC)(COC(C)=O)CN(C)[O-].[K+]. The van der Waals surface area contributed by atoms with E-state index < -0.39 is 0 Å². The third kappa shape index (κ3) is 7.85. The van der Waals surface area contributed by atoms with Gasteiger partial charge >= 0.3 is 57.4 Å². The molecule has 0 saturated heterocycles. The molecule has 0 unspecified atom stereocenters. The molecule has 0 heterocycles. The number of hydroxylamine groups is 2. The number of carbonyl (C=O) groups excluding carboxylic acids is 1. The molecule has 0 N–H and O–H groups in total. The van der Waals surface area contributed by atoms with Crippen LogP contribution in [0.25, 0.3) is 0 Å². The first kappa shape index (κ1) is 18.4. The Morgan fingerprint density at radius 2 is 1.87 bits per heavy atom. The molecule has 0 fully saturated rings. The van der Waals surface area contributed by atoms with E-state index in [4.69, 9.17) is 4.74 Å². The number of carbonyl (C=O) groups is 1. The first-order chi connectivity index (χ1) is 6.45. The Balaban J connectivity index is 0. The van der Waals surface area contributed by atoms with Gasteiger partial charge in [-0.2, -0.15) is 0 Å². The fourth-order valence-electron chi connectivity index (χ4n) is 1.45. The van der Waals surface area contributed by atoms with E-state index in [1.165, 1.54) is 14.0 Å². The second-order valence-electron chi connectivity index (χ2n) is 3.77. The largest absolute Gasteiger partial charge is 1.00 e. The molecular weight excluding hydrogens is 221 g/mol. The Kier molecular flexibility index (Phi) is 11.2. The molecule has 4 nitrogen and oxygen atoms in total. The summed E-state index contributed by atoms with van der Waals surface area (Å²) in [6.45, 7) is 6.15. The summed E-state index contributed by atoms with van der Waals surface area (Å²) in [4.78, 5) is 10.7. The molecule has 0 rings (SSSR count). The maximum absolute atomic E-state index is 11.0. The molecular formula is C10H20KNO3. The summed E-state index contributed by atoms with van der Waals surface area (Å²) < 4.78 is 4.99. The van der Waals surface area contributed by atoms with Gasteiger partial charge in [-0.1, -0.05) is 13.8 Å². The third-order valence-electron chi connectivity index (χ3n) is 2.64. The van der Waals surface area contributed by atoms with Gasteiger partial charge in [0.25, 0.3) is 0 Å². The molecule has 0 aliphatic carbocycles. The summed E-state index contributed by atoms with van der Waals surface area (Å²) in [6.07, 6.45) is 1.67. The van der Waals surface area contributed by atoms with Crippen LogP contribution >= 0.6 is 0 Å². The molecule has 0 aliphatic heterocycles. The Morgan fingerprint density at radius 3 is 2.13 bits per heavy atom. The second kappa shape index (κ2) is 9.10. The van der Waals surface area contributed by atoms with Crippen molar-refractivity contribution in [3.8, 4) is 0 Å². The minimum absolute atomic E-state index is 0. The van der Waals surface area contributed by atoms with Crippen LogP contribution in [0.1, 0.15) is 33.6 Å². The quantitative estimate of drug-likeness (QED) is 0.333. The molecule has 0 aromatic carbocycles. The van der Waals surface area contributed by atoms with Crippen LogP contribution in [-0.2, 0) is 9.53 Å². The summed E-state index contributed by atoms with van der Waals surface area (Å²) in [6, 6.07) is 0. The maximum Gasteiger partial charge on any atom is 1.00 e. The van der Waals surface area contributed by atoms with E-state index in [2.05, 4.69) is 0 Å². The Hall–Kier alpha value is 1.03. The van der Waals surface area contributed by atoms with Gasteiger partial charge in [0.1, 0.15) is 0 Å². The summed E-state index contributed by atoms with van der Waals surface area (Å²) in [5, 5.41) is 11.9. The van der Waals surface area contributed by atoms with E-state index >= 15 is 0 Å². The molecule has 0 aromatic heterocycles. The molecule has 0 aliphatic rings. The molecule has 0 spiro atoms. The number of ether oxygens (including phenoxy) is 1. The smallest absolute Gasteiger partial charge is 0.785 e. The fourth-order valence-corrected chi connectivity index (χ4v) is 1.45. The van der Waals surface area contributed by atoms with Crippen molar-refractivity contribution in [2.45, 2.75) is 33.6 Å². The third-order valence-corrected chi connectivity index (χ3v) is 2.64. The monoisotopic (exact) mass is 241 g/mol. The molecule has 0 atom stereocenters. The Morgan fingerprint density at radius 1 is 1.40 bits per heavy atom. The predicted molar refractivity (Wildman–Crippen MR) is 55.6 cm³/mol. The van der Waals surface area contributed by atoms with Crippen LogP contribution in [0.15, 0.2) is 0 Å². The first-order valence-electron chi connectivity index (χ1n) is 4.97. The topological polar surface area (TPSA) is 52.6 Å². The standard InChI is InChI=1S/C10H20NO3.K/c1-5-10(6-2,7-11(4)13)8-14-9(3)12;/h5-8H2,1-4H3;/q-1;+1. The van der Waals surface area contributed by atoms with Crippen LogP contribution in [0.5, 0.6) is 0 Å². The zero-order valence-corrected chi connectivity index (χ0v) is 13.6. The van der Waals surface area contributed by atoms with Crippen molar-refractivity contribution >= 4 is 5.97 Å². The van der Waals surface area contributed by atoms with Crippen LogP contribution in [0.4, 0.5) is 0 Å². The van der Waals surface area contributed by atoms with Gasteiger partial charge in [0.15, 0.2) is 0 Å². The van der Waals surface area contributed by atoms with Gasteiger partial charge in [0.2, 0.25) is 0 Å². The van der Waals surface area contributed by atoms with Crippen molar-refractivity contribution in [3.05, 3.63) is 5.21 Å². The van der Waals surface area contributed by atoms with Crippen molar-refractivity contribution < 1.29 is 60.9 Å². The number of hydrogen-bond acceptors (Lipinski definition) is 4. The fraction of sp³-hybridized carbons (Fsp3) is 0.900. The first-order valence-corrected chi connectivity index (χ1v) is 4.97. The molecule has 5 heteroatoms.